The molecule has 0 saturated heterocycles. The highest BCUT2D eigenvalue weighted by Gasteiger charge is 2.12. The van der Waals surface area contributed by atoms with E-state index in [4.69, 9.17) is 0 Å². The zero-order valence-corrected chi connectivity index (χ0v) is 12.9. The Kier molecular flexibility index (Phi) is 9.30. The molecule has 0 aromatic carbocycles. The standard InChI is InChI=1S/C16H33N/c1-7-11-15(9-3)14(5)13-17(6)16(10-4)12-8-2/h13,15-16H,7-12H2,1-6H3/b14-13+. The van der Waals surface area contributed by atoms with Crippen molar-refractivity contribution in [3.8, 4) is 0 Å². The molecule has 0 aliphatic rings. The summed E-state index contributed by atoms with van der Waals surface area (Å²) in [7, 11) is 2.24. The van der Waals surface area contributed by atoms with Gasteiger partial charge in [-0.05, 0) is 44.7 Å². The molecule has 0 rings (SSSR count). The fourth-order valence-electron chi connectivity index (χ4n) is 2.66. The van der Waals surface area contributed by atoms with E-state index < -0.39 is 0 Å². The molecule has 0 bridgehead atoms. The molecule has 0 fully saturated rings. The Bertz CT molecular complexity index is 208. The lowest BCUT2D eigenvalue weighted by atomic mass is 9.93. The first-order valence-electron chi connectivity index (χ1n) is 7.50. The van der Waals surface area contributed by atoms with Crippen LogP contribution in [0.4, 0.5) is 0 Å². The average Bonchev–Trinajstić information content (AvgIpc) is 2.32. The Hall–Kier alpha value is -0.460. The molecule has 0 aliphatic carbocycles. The van der Waals surface area contributed by atoms with Gasteiger partial charge in [-0.1, -0.05) is 46.1 Å². The van der Waals surface area contributed by atoms with Crippen molar-refractivity contribution in [2.24, 2.45) is 5.92 Å². The Labute approximate surface area is 109 Å². The summed E-state index contributed by atoms with van der Waals surface area (Å²) in [6.45, 7) is 11.5. The van der Waals surface area contributed by atoms with E-state index >= 15 is 0 Å². The molecule has 2 unspecified atom stereocenters. The molecular formula is C16H33N. The maximum Gasteiger partial charge on any atom is 0.0278 e. The van der Waals surface area contributed by atoms with Crippen LogP contribution in [0.2, 0.25) is 0 Å². The van der Waals surface area contributed by atoms with Gasteiger partial charge < -0.3 is 4.90 Å². The lowest BCUT2D eigenvalue weighted by molar-refractivity contribution is 0.296. The predicted octanol–water partition coefficient (Wildman–Crippen LogP) is 5.23. The van der Waals surface area contributed by atoms with Crippen LogP contribution in [0.25, 0.3) is 0 Å². The summed E-state index contributed by atoms with van der Waals surface area (Å²) in [6.07, 6.45) is 10.1. The summed E-state index contributed by atoms with van der Waals surface area (Å²) in [5.41, 5.74) is 1.56. The van der Waals surface area contributed by atoms with Gasteiger partial charge >= 0.3 is 0 Å². The van der Waals surface area contributed by atoms with Gasteiger partial charge in [-0.25, -0.2) is 0 Å². The minimum absolute atomic E-state index is 0.717. The molecule has 0 aromatic rings. The Morgan fingerprint density at radius 3 is 2.00 bits per heavy atom. The molecule has 1 heteroatoms. The SMILES string of the molecule is CCCC(CC)/C(C)=C/N(C)C(CC)CCC. The van der Waals surface area contributed by atoms with Gasteiger partial charge in [0.2, 0.25) is 0 Å². The Morgan fingerprint density at radius 2 is 1.59 bits per heavy atom. The second-order valence-electron chi connectivity index (χ2n) is 5.28. The highest BCUT2D eigenvalue weighted by molar-refractivity contribution is 5.03. The van der Waals surface area contributed by atoms with Gasteiger partial charge in [0.1, 0.15) is 0 Å². The number of hydrogen-bond donors (Lipinski definition) is 0. The molecule has 2 atom stereocenters. The third kappa shape index (κ3) is 6.14. The van der Waals surface area contributed by atoms with Crippen LogP contribution in [0.15, 0.2) is 11.8 Å². The smallest absolute Gasteiger partial charge is 0.0278 e. The van der Waals surface area contributed by atoms with Crippen molar-refractivity contribution in [1.29, 1.82) is 0 Å². The largest absolute Gasteiger partial charge is 0.377 e. The summed E-state index contributed by atoms with van der Waals surface area (Å²) < 4.78 is 0. The molecule has 0 N–H and O–H groups in total. The van der Waals surface area contributed by atoms with Gasteiger partial charge in [0.05, 0.1) is 0 Å². The summed E-state index contributed by atoms with van der Waals surface area (Å²) in [5.74, 6) is 0.779. The van der Waals surface area contributed by atoms with Gasteiger partial charge in [0.15, 0.2) is 0 Å². The molecular weight excluding hydrogens is 206 g/mol. The highest BCUT2D eigenvalue weighted by Crippen LogP contribution is 2.21. The minimum Gasteiger partial charge on any atom is -0.377 e. The van der Waals surface area contributed by atoms with Crippen LogP contribution in [0.1, 0.15) is 73.1 Å². The first-order chi connectivity index (χ1) is 8.10. The molecule has 0 spiro atoms. The molecule has 102 valence electrons. The minimum atomic E-state index is 0.717. The van der Waals surface area contributed by atoms with E-state index in [1.54, 1.807) is 5.57 Å². The van der Waals surface area contributed by atoms with Crippen LogP contribution in [-0.2, 0) is 0 Å². The summed E-state index contributed by atoms with van der Waals surface area (Å²) in [4.78, 5) is 2.44. The monoisotopic (exact) mass is 239 g/mol. The number of nitrogens with zero attached hydrogens (tertiary/aromatic N) is 1. The van der Waals surface area contributed by atoms with Crippen molar-refractivity contribution < 1.29 is 0 Å². The van der Waals surface area contributed by atoms with Crippen molar-refractivity contribution >= 4 is 0 Å². The molecule has 17 heavy (non-hydrogen) atoms. The molecule has 0 aromatic heterocycles. The molecule has 0 heterocycles. The fourth-order valence-corrected chi connectivity index (χ4v) is 2.66. The molecule has 1 nitrogen and oxygen atoms in total. The predicted molar refractivity (Wildman–Crippen MR) is 79.2 cm³/mol. The number of allylic oxidation sites excluding steroid dienone is 1. The molecule has 0 radical (unpaired) electrons. The highest BCUT2D eigenvalue weighted by atomic mass is 15.1. The maximum absolute atomic E-state index is 2.44. The molecule has 0 saturated carbocycles. The lowest BCUT2D eigenvalue weighted by Gasteiger charge is -2.28. The van der Waals surface area contributed by atoms with E-state index in [0.717, 1.165) is 5.92 Å². The molecule has 0 amide bonds. The zero-order valence-electron chi connectivity index (χ0n) is 12.9. The Balaban J connectivity index is 4.50. The second-order valence-corrected chi connectivity index (χ2v) is 5.28. The average molecular weight is 239 g/mol. The van der Waals surface area contributed by atoms with E-state index in [1.165, 1.54) is 38.5 Å². The van der Waals surface area contributed by atoms with E-state index in [9.17, 15) is 0 Å². The third-order valence-corrected chi connectivity index (χ3v) is 3.85. The number of rotatable bonds is 9. The Morgan fingerprint density at radius 1 is 1.00 bits per heavy atom. The van der Waals surface area contributed by atoms with E-state index in [2.05, 4.69) is 52.8 Å². The zero-order chi connectivity index (χ0) is 13.3. The summed E-state index contributed by atoms with van der Waals surface area (Å²) in [5, 5.41) is 0. The molecule has 0 aliphatic heterocycles. The van der Waals surface area contributed by atoms with Crippen LogP contribution in [0, 0.1) is 5.92 Å². The second kappa shape index (κ2) is 9.56. The summed E-state index contributed by atoms with van der Waals surface area (Å²) in [6, 6.07) is 0.717. The topological polar surface area (TPSA) is 3.24 Å². The van der Waals surface area contributed by atoms with Gasteiger partial charge in [-0.3, -0.25) is 0 Å². The van der Waals surface area contributed by atoms with Gasteiger partial charge in [-0.2, -0.15) is 0 Å². The van der Waals surface area contributed by atoms with Gasteiger partial charge in [-0.15, -0.1) is 0 Å². The van der Waals surface area contributed by atoms with Crippen LogP contribution in [-0.4, -0.2) is 18.0 Å². The first-order valence-corrected chi connectivity index (χ1v) is 7.50. The number of hydrogen-bond acceptors (Lipinski definition) is 1. The van der Waals surface area contributed by atoms with E-state index in [-0.39, 0.29) is 0 Å². The van der Waals surface area contributed by atoms with Crippen LogP contribution in [0.3, 0.4) is 0 Å². The normalized spacial score (nSPS) is 15.8. The van der Waals surface area contributed by atoms with Crippen LogP contribution < -0.4 is 0 Å². The van der Waals surface area contributed by atoms with Crippen molar-refractivity contribution in [2.75, 3.05) is 7.05 Å². The quantitative estimate of drug-likeness (QED) is 0.533. The third-order valence-electron chi connectivity index (χ3n) is 3.85. The van der Waals surface area contributed by atoms with E-state index in [0.29, 0.717) is 6.04 Å². The van der Waals surface area contributed by atoms with Crippen LogP contribution >= 0.6 is 0 Å². The summed E-state index contributed by atoms with van der Waals surface area (Å²) >= 11 is 0. The van der Waals surface area contributed by atoms with Crippen molar-refractivity contribution in [3.05, 3.63) is 11.8 Å². The fraction of sp³-hybridized carbons (Fsp3) is 0.875. The lowest BCUT2D eigenvalue weighted by Crippen LogP contribution is -2.27. The van der Waals surface area contributed by atoms with Gasteiger partial charge in [0, 0.05) is 13.1 Å². The maximum atomic E-state index is 2.44. The van der Waals surface area contributed by atoms with Crippen LogP contribution in [0.5, 0.6) is 0 Å². The van der Waals surface area contributed by atoms with Crippen molar-refractivity contribution in [2.45, 2.75) is 79.2 Å². The van der Waals surface area contributed by atoms with E-state index in [1.807, 2.05) is 0 Å². The van der Waals surface area contributed by atoms with Gasteiger partial charge in [0.25, 0.3) is 0 Å². The first kappa shape index (κ1) is 16.5. The van der Waals surface area contributed by atoms with Crippen molar-refractivity contribution in [3.63, 3.8) is 0 Å². The van der Waals surface area contributed by atoms with Crippen molar-refractivity contribution in [1.82, 2.24) is 4.90 Å².